The van der Waals surface area contributed by atoms with E-state index in [1.807, 2.05) is 24.3 Å². The number of hydrogen-bond acceptors (Lipinski definition) is 2. The fourth-order valence-corrected chi connectivity index (χ4v) is 3.01. The maximum atomic E-state index is 11.9. The van der Waals surface area contributed by atoms with E-state index < -0.39 is 0 Å². The summed E-state index contributed by atoms with van der Waals surface area (Å²) in [6.07, 6.45) is 2.48. The van der Waals surface area contributed by atoms with Crippen molar-refractivity contribution in [1.82, 2.24) is 0 Å². The third-order valence-electron chi connectivity index (χ3n) is 4.32. The van der Waals surface area contributed by atoms with Crippen LogP contribution in [-0.4, -0.2) is 5.78 Å². The van der Waals surface area contributed by atoms with Gasteiger partial charge in [-0.05, 0) is 30.5 Å². The highest BCUT2D eigenvalue weighted by molar-refractivity contribution is 5.93. The number of rotatable bonds is 3. The van der Waals surface area contributed by atoms with Crippen molar-refractivity contribution in [3.8, 4) is 6.07 Å². The van der Waals surface area contributed by atoms with E-state index in [9.17, 15) is 4.79 Å². The van der Waals surface area contributed by atoms with Gasteiger partial charge in [0.25, 0.3) is 0 Å². The van der Waals surface area contributed by atoms with Gasteiger partial charge in [0, 0.05) is 17.8 Å². The fourth-order valence-electron chi connectivity index (χ4n) is 3.01. The van der Waals surface area contributed by atoms with Crippen molar-refractivity contribution in [1.29, 1.82) is 5.26 Å². The van der Waals surface area contributed by atoms with Gasteiger partial charge in [-0.25, -0.2) is 0 Å². The molecule has 1 fully saturated rings. The third kappa shape index (κ3) is 1.67. The van der Waals surface area contributed by atoms with Crippen LogP contribution in [0.15, 0.2) is 24.3 Å². The Balaban J connectivity index is 2.29. The molecule has 0 heterocycles. The van der Waals surface area contributed by atoms with Crippen molar-refractivity contribution in [3.05, 3.63) is 35.4 Å². The second-order valence-corrected chi connectivity index (χ2v) is 4.78. The molecule has 0 bridgehead atoms. The molecule has 1 aliphatic carbocycles. The van der Waals surface area contributed by atoms with Gasteiger partial charge in [-0.2, -0.15) is 5.26 Å². The molecule has 88 valence electrons. The van der Waals surface area contributed by atoms with Crippen LogP contribution >= 0.6 is 0 Å². The van der Waals surface area contributed by atoms with E-state index in [1.165, 1.54) is 5.56 Å². The average molecular weight is 227 g/mol. The minimum absolute atomic E-state index is 0.145. The molecule has 17 heavy (non-hydrogen) atoms. The quantitative estimate of drug-likeness (QED) is 0.793. The number of nitriles is 1. The normalized spacial score (nSPS) is 21.7. The van der Waals surface area contributed by atoms with Crippen LogP contribution in [0.5, 0.6) is 0 Å². The Kier molecular flexibility index (Phi) is 3.02. The van der Waals surface area contributed by atoms with Gasteiger partial charge in [-0.15, -0.1) is 0 Å². The Morgan fingerprint density at radius 1 is 1.29 bits per heavy atom. The lowest BCUT2D eigenvalue weighted by atomic mass is 9.54. The van der Waals surface area contributed by atoms with Crippen LogP contribution in [0.3, 0.4) is 0 Å². The summed E-state index contributed by atoms with van der Waals surface area (Å²) in [6.45, 7) is 4.19. The van der Waals surface area contributed by atoms with Gasteiger partial charge in [0.15, 0.2) is 0 Å². The molecular weight excluding hydrogens is 210 g/mol. The zero-order valence-corrected chi connectivity index (χ0v) is 10.4. The molecule has 2 rings (SSSR count). The molecule has 2 heteroatoms. The van der Waals surface area contributed by atoms with Crippen molar-refractivity contribution < 1.29 is 4.79 Å². The second kappa shape index (κ2) is 4.33. The maximum Gasteiger partial charge on any atom is 0.140 e. The molecule has 1 atom stereocenters. The first-order valence-corrected chi connectivity index (χ1v) is 6.21. The summed E-state index contributed by atoms with van der Waals surface area (Å²) in [5.74, 6) is 0.745. The molecule has 0 N–H and O–H groups in total. The van der Waals surface area contributed by atoms with E-state index in [2.05, 4.69) is 19.9 Å². The van der Waals surface area contributed by atoms with Crippen molar-refractivity contribution in [2.45, 2.75) is 39.0 Å². The van der Waals surface area contributed by atoms with Crippen molar-refractivity contribution in [2.24, 2.45) is 5.41 Å². The standard InChI is InChI=1S/C15H17NO/c1-3-15(4-2)13(9-14(15)17)12-7-5-11(10-16)6-8-12/h5-8,13H,3-4,9H2,1-2H3. The molecule has 1 unspecified atom stereocenters. The van der Waals surface area contributed by atoms with Crippen molar-refractivity contribution >= 4 is 5.78 Å². The third-order valence-corrected chi connectivity index (χ3v) is 4.32. The Hall–Kier alpha value is -1.62. The first-order chi connectivity index (χ1) is 8.17. The van der Waals surface area contributed by atoms with Crippen LogP contribution in [0.1, 0.15) is 50.2 Å². The second-order valence-electron chi connectivity index (χ2n) is 4.78. The summed E-state index contributed by atoms with van der Waals surface area (Å²) in [6, 6.07) is 9.79. The molecule has 2 nitrogen and oxygen atoms in total. The Labute approximate surface area is 102 Å². The maximum absolute atomic E-state index is 11.9. The van der Waals surface area contributed by atoms with Gasteiger partial charge >= 0.3 is 0 Å². The van der Waals surface area contributed by atoms with Gasteiger partial charge in [0.2, 0.25) is 0 Å². The van der Waals surface area contributed by atoms with Gasteiger partial charge in [0.1, 0.15) is 5.78 Å². The number of hydrogen-bond donors (Lipinski definition) is 0. The number of carbonyl (C=O) groups is 1. The number of nitrogens with zero attached hydrogens (tertiary/aromatic N) is 1. The monoisotopic (exact) mass is 227 g/mol. The van der Waals surface area contributed by atoms with Crippen LogP contribution < -0.4 is 0 Å². The molecule has 0 radical (unpaired) electrons. The summed E-state index contributed by atoms with van der Waals surface area (Å²) >= 11 is 0. The average Bonchev–Trinajstić information content (AvgIpc) is 2.38. The fraction of sp³-hybridized carbons (Fsp3) is 0.467. The first kappa shape index (κ1) is 11.9. The van der Waals surface area contributed by atoms with Crippen LogP contribution in [0.25, 0.3) is 0 Å². The molecule has 1 aromatic carbocycles. The molecule has 1 saturated carbocycles. The molecule has 0 spiro atoms. The number of carbonyl (C=O) groups excluding carboxylic acids is 1. The largest absolute Gasteiger partial charge is 0.299 e. The Bertz CT molecular complexity index is 463. The smallest absolute Gasteiger partial charge is 0.140 e. The summed E-state index contributed by atoms with van der Waals surface area (Å²) in [5.41, 5.74) is 1.74. The van der Waals surface area contributed by atoms with Crippen LogP contribution in [0.2, 0.25) is 0 Å². The molecule has 0 aliphatic heterocycles. The van der Waals surface area contributed by atoms with Crippen LogP contribution in [-0.2, 0) is 4.79 Å². The van der Waals surface area contributed by atoms with E-state index in [4.69, 9.17) is 5.26 Å². The predicted molar refractivity (Wildman–Crippen MR) is 66.5 cm³/mol. The molecule has 1 aromatic rings. The molecule has 0 aromatic heterocycles. The summed E-state index contributed by atoms with van der Waals surface area (Å²) in [7, 11) is 0. The SMILES string of the molecule is CCC1(CC)C(=O)CC1c1ccc(C#N)cc1. The lowest BCUT2D eigenvalue weighted by molar-refractivity contribution is -0.141. The highest BCUT2D eigenvalue weighted by Gasteiger charge is 2.52. The molecular formula is C15H17NO. The molecule has 0 amide bonds. The topological polar surface area (TPSA) is 40.9 Å². The van der Waals surface area contributed by atoms with E-state index >= 15 is 0 Å². The molecule has 0 saturated heterocycles. The zero-order chi connectivity index (χ0) is 12.5. The summed E-state index contributed by atoms with van der Waals surface area (Å²) < 4.78 is 0. The number of Topliss-reactive ketones (excluding diaryl/α,β-unsaturated/α-hetero) is 1. The van der Waals surface area contributed by atoms with Gasteiger partial charge in [-0.1, -0.05) is 26.0 Å². The lowest BCUT2D eigenvalue weighted by Crippen LogP contribution is -2.47. The minimum Gasteiger partial charge on any atom is -0.299 e. The minimum atomic E-state index is -0.145. The molecule has 1 aliphatic rings. The van der Waals surface area contributed by atoms with E-state index in [1.54, 1.807) is 0 Å². The first-order valence-electron chi connectivity index (χ1n) is 6.21. The zero-order valence-electron chi connectivity index (χ0n) is 10.4. The van der Waals surface area contributed by atoms with E-state index in [-0.39, 0.29) is 5.41 Å². The summed E-state index contributed by atoms with van der Waals surface area (Å²) in [4.78, 5) is 11.9. The highest BCUT2D eigenvalue weighted by Crippen LogP contribution is 2.54. The van der Waals surface area contributed by atoms with Gasteiger partial charge in [0.05, 0.1) is 11.6 Å². The van der Waals surface area contributed by atoms with Crippen LogP contribution in [0.4, 0.5) is 0 Å². The van der Waals surface area contributed by atoms with Crippen molar-refractivity contribution in [2.75, 3.05) is 0 Å². The van der Waals surface area contributed by atoms with Crippen LogP contribution in [0, 0.1) is 16.7 Å². The van der Waals surface area contributed by atoms with E-state index in [0.29, 0.717) is 23.7 Å². The highest BCUT2D eigenvalue weighted by atomic mass is 16.1. The lowest BCUT2D eigenvalue weighted by Gasteiger charge is -2.47. The number of benzene rings is 1. The predicted octanol–water partition coefficient (Wildman–Crippen LogP) is 3.42. The summed E-state index contributed by atoms with van der Waals surface area (Å²) in [5, 5.41) is 8.77. The Morgan fingerprint density at radius 2 is 1.88 bits per heavy atom. The number of ketones is 1. The van der Waals surface area contributed by atoms with Gasteiger partial charge in [-0.3, -0.25) is 4.79 Å². The van der Waals surface area contributed by atoms with Gasteiger partial charge < -0.3 is 0 Å². The van der Waals surface area contributed by atoms with Crippen molar-refractivity contribution in [3.63, 3.8) is 0 Å². The Morgan fingerprint density at radius 3 is 2.29 bits per heavy atom. The van der Waals surface area contributed by atoms with E-state index in [0.717, 1.165) is 12.8 Å².